The monoisotopic (exact) mass is 344 g/mol. The van der Waals surface area contributed by atoms with Crippen molar-refractivity contribution in [2.75, 3.05) is 72.1 Å². The summed E-state index contributed by atoms with van der Waals surface area (Å²) in [5, 5.41) is 20.9. The molecule has 6 nitrogen and oxygen atoms in total. The maximum atomic E-state index is 3.63. The highest BCUT2D eigenvalue weighted by Gasteiger charge is 2.23. The second-order valence-electron chi connectivity index (χ2n) is 6.79. The lowest BCUT2D eigenvalue weighted by atomic mass is 9.90. The van der Waals surface area contributed by atoms with E-state index in [1.165, 1.54) is 12.8 Å². The fraction of sp³-hybridized carbons (Fsp3) is 1.00. The van der Waals surface area contributed by atoms with E-state index in [-0.39, 0.29) is 5.41 Å². The number of nitrogens with one attached hydrogen (secondary N) is 6. The zero-order chi connectivity index (χ0) is 17.9. The lowest BCUT2D eigenvalue weighted by molar-refractivity contribution is 0.271. The molecule has 0 saturated heterocycles. The Morgan fingerprint density at radius 1 is 0.542 bits per heavy atom. The Morgan fingerprint density at radius 2 is 0.958 bits per heavy atom. The number of rotatable bonds is 19. The quantitative estimate of drug-likeness (QED) is 0.150. The summed E-state index contributed by atoms with van der Waals surface area (Å²) in [4.78, 5) is 0. The molecule has 0 aromatic rings. The lowest BCUT2D eigenvalue weighted by Gasteiger charge is -2.31. The summed E-state index contributed by atoms with van der Waals surface area (Å²) in [5.41, 5.74) is 0.228. The summed E-state index contributed by atoms with van der Waals surface area (Å²) in [6.45, 7) is 20.3. The summed E-state index contributed by atoms with van der Waals surface area (Å²) in [5.74, 6) is 0. The van der Waals surface area contributed by atoms with Gasteiger partial charge in [-0.1, -0.05) is 27.7 Å². The molecule has 0 amide bonds. The third-order valence-corrected chi connectivity index (χ3v) is 4.07. The molecule has 0 aliphatic carbocycles. The van der Waals surface area contributed by atoms with Crippen LogP contribution in [0.3, 0.4) is 0 Å². The van der Waals surface area contributed by atoms with Crippen LogP contribution in [0.25, 0.3) is 0 Å². The second-order valence-corrected chi connectivity index (χ2v) is 6.79. The largest absolute Gasteiger partial charge is 0.317 e. The first kappa shape index (κ1) is 23.8. The van der Waals surface area contributed by atoms with E-state index < -0.39 is 0 Å². The van der Waals surface area contributed by atoms with Crippen molar-refractivity contribution in [3.05, 3.63) is 0 Å². The van der Waals surface area contributed by atoms with Crippen molar-refractivity contribution < 1.29 is 0 Å². The molecular formula is C18H44N6. The zero-order valence-electron chi connectivity index (χ0n) is 16.7. The van der Waals surface area contributed by atoms with Gasteiger partial charge in [0.1, 0.15) is 0 Å². The summed E-state index contributed by atoms with van der Waals surface area (Å²) in [6, 6.07) is 0. The average molecular weight is 345 g/mol. The van der Waals surface area contributed by atoms with Crippen LogP contribution in [0, 0.1) is 5.41 Å². The average Bonchev–Trinajstić information content (AvgIpc) is 2.58. The molecule has 0 aromatic carbocycles. The van der Waals surface area contributed by atoms with Crippen molar-refractivity contribution in [2.24, 2.45) is 5.41 Å². The van der Waals surface area contributed by atoms with Gasteiger partial charge in [0.05, 0.1) is 0 Å². The van der Waals surface area contributed by atoms with Gasteiger partial charge in [-0.05, 0) is 58.7 Å². The van der Waals surface area contributed by atoms with Gasteiger partial charge in [-0.2, -0.15) is 0 Å². The van der Waals surface area contributed by atoms with E-state index in [1.54, 1.807) is 0 Å². The normalized spacial score (nSPS) is 12.0. The fourth-order valence-electron chi connectivity index (χ4n) is 2.58. The molecule has 0 saturated carbocycles. The first-order valence-corrected chi connectivity index (χ1v) is 9.92. The highest BCUT2D eigenvalue weighted by atomic mass is 15.1. The van der Waals surface area contributed by atoms with Gasteiger partial charge in [0.2, 0.25) is 0 Å². The van der Waals surface area contributed by atoms with Crippen LogP contribution < -0.4 is 31.9 Å². The van der Waals surface area contributed by atoms with Gasteiger partial charge in [0.25, 0.3) is 0 Å². The van der Waals surface area contributed by atoms with E-state index in [0.29, 0.717) is 0 Å². The van der Waals surface area contributed by atoms with Gasteiger partial charge in [-0.15, -0.1) is 0 Å². The fourth-order valence-corrected chi connectivity index (χ4v) is 2.58. The highest BCUT2D eigenvalue weighted by Crippen LogP contribution is 2.12. The van der Waals surface area contributed by atoms with E-state index in [0.717, 1.165) is 72.1 Å². The molecule has 0 heterocycles. The van der Waals surface area contributed by atoms with Crippen LogP contribution in [0.5, 0.6) is 0 Å². The molecule has 0 fully saturated rings. The van der Waals surface area contributed by atoms with E-state index in [9.17, 15) is 0 Å². The van der Waals surface area contributed by atoms with Gasteiger partial charge in [0, 0.05) is 31.7 Å². The minimum absolute atomic E-state index is 0.228. The van der Waals surface area contributed by atoms with Crippen molar-refractivity contribution in [1.29, 1.82) is 0 Å². The standard InChI is InChI=1S/C18H44N6/c1-5-19-10-8-12-22-14-18(4,16-24-17-21-7-3)15-23-13-9-11-20-6-2/h19-24H,5-17H2,1-4H3. The van der Waals surface area contributed by atoms with Crippen LogP contribution in [-0.2, 0) is 0 Å². The molecule has 0 bridgehead atoms. The summed E-state index contributed by atoms with van der Waals surface area (Å²) < 4.78 is 0. The Labute approximate surface area is 150 Å². The second kappa shape index (κ2) is 17.6. The summed E-state index contributed by atoms with van der Waals surface area (Å²) in [6.07, 6.45) is 2.37. The lowest BCUT2D eigenvalue weighted by Crippen LogP contribution is -2.48. The Bertz CT molecular complexity index is 234. The van der Waals surface area contributed by atoms with Gasteiger partial charge in [-0.3, -0.25) is 0 Å². The van der Waals surface area contributed by atoms with E-state index in [1.807, 2.05) is 0 Å². The molecule has 0 radical (unpaired) electrons. The van der Waals surface area contributed by atoms with Crippen LogP contribution in [0.1, 0.15) is 40.5 Å². The minimum Gasteiger partial charge on any atom is -0.317 e. The first-order chi connectivity index (χ1) is 11.7. The van der Waals surface area contributed by atoms with Crippen LogP contribution in [0.15, 0.2) is 0 Å². The first-order valence-electron chi connectivity index (χ1n) is 9.92. The van der Waals surface area contributed by atoms with E-state index in [4.69, 9.17) is 0 Å². The molecule has 0 spiro atoms. The molecular weight excluding hydrogens is 300 g/mol. The van der Waals surface area contributed by atoms with Crippen molar-refractivity contribution >= 4 is 0 Å². The van der Waals surface area contributed by atoms with Crippen molar-refractivity contribution in [2.45, 2.75) is 40.5 Å². The molecule has 6 N–H and O–H groups in total. The van der Waals surface area contributed by atoms with Gasteiger partial charge in [-0.25, -0.2) is 0 Å². The van der Waals surface area contributed by atoms with Crippen molar-refractivity contribution in [1.82, 2.24) is 31.9 Å². The molecule has 24 heavy (non-hydrogen) atoms. The predicted octanol–water partition coefficient (Wildman–Crippen LogP) is 0.328. The zero-order valence-corrected chi connectivity index (χ0v) is 16.7. The molecule has 0 aromatic heterocycles. The Balaban J connectivity index is 3.98. The predicted molar refractivity (Wildman–Crippen MR) is 107 cm³/mol. The Kier molecular flexibility index (Phi) is 17.4. The Morgan fingerprint density at radius 3 is 1.42 bits per heavy atom. The molecule has 0 rings (SSSR count). The maximum absolute atomic E-state index is 3.63. The number of hydrogen-bond donors (Lipinski definition) is 6. The van der Waals surface area contributed by atoms with Gasteiger partial charge < -0.3 is 31.9 Å². The third kappa shape index (κ3) is 15.3. The molecule has 6 heteroatoms. The smallest absolute Gasteiger partial charge is 0.0454 e. The van der Waals surface area contributed by atoms with Gasteiger partial charge in [0.15, 0.2) is 0 Å². The van der Waals surface area contributed by atoms with Crippen LogP contribution in [0.2, 0.25) is 0 Å². The summed E-state index contributed by atoms with van der Waals surface area (Å²) >= 11 is 0. The topological polar surface area (TPSA) is 72.2 Å². The van der Waals surface area contributed by atoms with Crippen LogP contribution in [-0.4, -0.2) is 72.1 Å². The molecule has 146 valence electrons. The molecule has 0 aliphatic heterocycles. The highest BCUT2D eigenvalue weighted by molar-refractivity contribution is 4.82. The SMILES string of the molecule is CCNCCCNCC(C)(CNCCCNCC)CNCNCC. The Hall–Kier alpha value is -0.240. The van der Waals surface area contributed by atoms with E-state index >= 15 is 0 Å². The van der Waals surface area contributed by atoms with E-state index in [2.05, 4.69) is 59.6 Å². The maximum Gasteiger partial charge on any atom is 0.0454 e. The van der Waals surface area contributed by atoms with Crippen LogP contribution in [0.4, 0.5) is 0 Å². The minimum atomic E-state index is 0.228. The number of hydrogen-bond acceptors (Lipinski definition) is 6. The van der Waals surface area contributed by atoms with Crippen LogP contribution >= 0.6 is 0 Å². The molecule has 0 aliphatic rings. The van der Waals surface area contributed by atoms with Gasteiger partial charge >= 0.3 is 0 Å². The van der Waals surface area contributed by atoms with Crippen molar-refractivity contribution in [3.63, 3.8) is 0 Å². The van der Waals surface area contributed by atoms with Crippen molar-refractivity contribution in [3.8, 4) is 0 Å². The molecule has 0 atom stereocenters. The summed E-state index contributed by atoms with van der Waals surface area (Å²) in [7, 11) is 0. The third-order valence-electron chi connectivity index (χ3n) is 4.07. The molecule has 0 unspecified atom stereocenters.